The van der Waals surface area contributed by atoms with Gasteiger partial charge in [0.25, 0.3) is 0 Å². The fourth-order valence-electron chi connectivity index (χ4n) is 3.99. The highest BCUT2D eigenvalue weighted by atomic mass is 16.5. The van der Waals surface area contributed by atoms with Crippen LogP contribution in [0.3, 0.4) is 0 Å². The van der Waals surface area contributed by atoms with Gasteiger partial charge >= 0.3 is 0 Å². The third kappa shape index (κ3) is 6.47. The molecule has 35 heavy (non-hydrogen) atoms. The summed E-state index contributed by atoms with van der Waals surface area (Å²) in [6, 6.07) is 16.8. The summed E-state index contributed by atoms with van der Waals surface area (Å²) in [7, 11) is 1.65. The van der Waals surface area contributed by atoms with E-state index in [1.54, 1.807) is 37.6 Å². The molecule has 0 aliphatic carbocycles. The number of piperazine rings is 1. The Morgan fingerprint density at radius 3 is 2.49 bits per heavy atom. The number of aromatic nitrogens is 2. The SMILES string of the molecule is COc1cccc(N2CCN(C(=O)Cn3cc(NC(=O)CCC(=O)c4ccccc4)cn3)CC2)c1. The topological polar surface area (TPSA) is 96.8 Å². The van der Waals surface area contributed by atoms with E-state index in [1.165, 1.54) is 10.9 Å². The van der Waals surface area contributed by atoms with Gasteiger partial charge in [0.05, 0.1) is 19.0 Å². The van der Waals surface area contributed by atoms with E-state index in [1.807, 2.05) is 35.2 Å². The third-order valence-electron chi connectivity index (χ3n) is 5.94. The van der Waals surface area contributed by atoms with Gasteiger partial charge in [-0.15, -0.1) is 0 Å². The van der Waals surface area contributed by atoms with Gasteiger partial charge < -0.3 is 19.9 Å². The molecule has 1 N–H and O–H groups in total. The number of rotatable bonds is 9. The van der Waals surface area contributed by atoms with E-state index in [0.29, 0.717) is 24.3 Å². The van der Waals surface area contributed by atoms with Crippen molar-refractivity contribution >= 4 is 29.0 Å². The number of nitrogens with zero attached hydrogens (tertiary/aromatic N) is 4. The number of methoxy groups -OCH3 is 1. The van der Waals surface area contributed by atoms with Crippen LogP contribution >= 0.6 is 0 Å². The van der Waals surface area contributed by atoms with Crippen LogP contribution in [0.4, 0.5) is 11.4 Å². The molecule has 0 saturated carbocycles. The van der Waals surface area contributed by atoms with Crippen LogP contribution in [0.25, 0.3) is 0 Å². The summed E-state index contributed by atoms with van der Waals surface area (Å²) in [5.41, 5.74) is 2.17. The van der Waals surface area contributed by atoms with Crippen molar-refractivity contribution in [3.63, 3.8) is 0 Å². The van der Waals surface area contributed by atoms with Gasteiger partial charge in [0, 0.05) is 62.5 Å². The number of nitrogens with one attached hydrogen (secondary N) is 1. The van der Waals surface area contributed by atoms with Crippen LogP contribution in [0.1, 0.15) is 23.2 Å². The van der Waals surface area contributed by atoms with E-state index in [-0.39, 0.29) is 37.0 Å². The number of carbonyl (C=O) groups excluding carboxylic acids is 3. The Labute approximate surface area is 204 Å². The highest BCUT2D eigenvalue weighted by Gasteiger charge is 2.22. The molecule has 0 bridgehead atoms. The number of carbonyl (C=O) groups is 3. The van der Waals surface area contributed by atoms with Crippen molar-refractivity contribution in [1.82, 2.24) is 14.7 Å². The average molecular weight is 476 g/mol. The minimum atomic E-state index is -0.270. The Kier molecular flexibility index (Phi) is 7.77. The summed E-state index contributed by atoms with van der Waals surface area (Å²) in [4.78, 5) is 41.2. The summed E-state index contributed by atoms with van der Waals surface area (Å²) in [6.07, 6.45) is 3.34. The Morgan fingerprint density at radius 2 is 1.74 bits per heavy atom. The van der Waals surface area contributed by atoms with Crippen LogP contribution in [-0.2, 0) is 16.1 Å². The van der Waals surface area contributed by atoms with Crippen LogP contribution in [0.2, 0.25) is 0 Å². The van der Waals surface area contributed by atoms with Gasteiger partial charge in [-0.1, -0.05) is 36.4 Å². The summed E-state index contributed by atoms with van der Waals surface area (Å²) < 4.78 is 6.81. The summed E-state index contributed by atoms with van der Waals surface area (Å²) in [6.45, 7) is 2.82. The van der Waals surface area contributed by atoms with E-state index in [9.17, 15) is 14.4 Å². The molecule has 0 spiro atoms. The number of amides is 2. The first-order valence-corrected chi connectivity index (χ1v) is 11.6. The van der Waals surface area contributed by atoms with E-state index >= 15 is 0 Å². The summed E-state index contributed by atoms with van der Waals surface area (Å²) in [5.74, 6) is 0.442. The number of ketones is 1. The number of benzene rings is 2. The fourth-order valence-corrected chi connectivity index (χ4v) is 3.99. The molecule has 1 saturated heterocycles. The van der Waals surface area contributed by atoms with Crippen LogP contribution in [0, 0.1) is 0 Å². The standard InChI is InChI=1S/C26H29N5O4/c1-35-23-9-5-8-22(16-23)29-12-14-30(15-13-29)26(34)19-31-18-21(17-27-31)28-25(33)11-10-24(32)20-6-3-2-4-7-20/h2-9,16-18H,10-15,19H2,1H3,(H,28,33). The molecule has 0 unspecified atom stereocenters. The lowest BCUT2D eigenvalue weighted by Crippen LogP contribution is -2.49. The maximum absolute atomic E-state index is 12.8. The molecule has 2 amide bonds. The van der Waals surface area contributed by atoms with Crippen molar-refractivity contribution in [3.05, 3.63) is 72.6 Å². The Hall–Kier alpha value is -4.14. The molecule has 0 radical (unpaired) electrons. The zero-order valence-corrected chi connectivity index (χ0v) is 19.7. The maximum Gasteiger partial charge on any atom is 0.244 e. The molecule has 9 heteroatoms. The molecular formula is C26H29N5O4. The lowest BCUT2D eigenvalue weighted by Gasteiger charge is -2.36. The van der Waals surface area contributed by atoms with E-state index in [0.717, 1.165) is 24.5 Å². The fraction of sp³-hybridized carbons (Fsp3) is 0.308. The number of ether oxygens (including phenoxy) is 1. The van der Waals surface area contributed by atoms with Crippen molar-refractivity contribution in [2.45, 2.75) is 19.4 Å². The van der Waals surface area contributed by atoms with Gasteiger partial charge in [-0.25, -0.2) is 0 Å². The molecule has 2 heterocycles. The van der Waals surface area contributed by atoms with Crippen LogP contribution in [0.5, 0.6) is 5.75 Å². The molecule has 9 nitrogen and oxygen atoms in total. The number of hydrogen-bond donors (Lipinski definition) is 1. The van der Waals surface area contributed by atoms with Crippen molar-refractivity contribution in [2.24, 2.45) is 0 Å². The number of anilines is 2. The maximum atomic E-state index is 12.8. The van der Waals surface area contributed by atoms with Gasteiger partial charge in [0.1, 0.15) is 12.3 Å². The van der Waals surface area contributed by atoms with Crippen molar-refractivity contribution in [2.75, 3.05) is 43.5 Å². The van der Waals surface area contributed by atoms with Crippen LogP contribution < -0.4 is 15.0 Å². The zero-order valence-electron chi connectivity index (χ0n) is 19.7. The largest absolute Gasteiger partial charge is 0.497 e. The monoisotopic (exact) mass is 475 g/mol. The van der Waals surface area contributed by atoms with Gasteiger partial charge in [0.2, 0.25) is 11.8 Å². The van der Waals surface area contributed by atoms with Crippen molar-refractivity contribution in [3.8, 4) is 5.75 Å². The Balaban J connectivity index is 1.21. The second-order valence-electron chi connectivity index (χ2n) is 8.33. The summed E-state index contributed by atoms with van der Waals surface area (Å²) in [5, 5.41) is 6.93. The van der Waals surface area contributed by atoms with Gasteiger partial charge in [0.15, 0.2) is 5.78 Å². The molecule has 182 valence electrons. The van der Waals surface area contributed by atoms with Crippen LogP contribution in [-0.4, -0.2) is 65.6 Å². The van der Waals surface area contributed by atoms with Crippen molar-refractivity contribution < 1.29 is 19.1 Å². The molecule has 1 aromatic heterocycles. The molecule has 0 atom stereocenters. The Morgan fingerprint density at radius 1 is 0.971 bits per heavy atom. The van der Waals surface area contributed by atoms with E-state index in [4.69, 9.17) is 4.74 Å². The molecule has 1 aliphatic rings. The number of hydrogen-bond acceptors (Lipinski definition) is 6. The molecular weight excluding hydrogens is 446 g/mol. The molecule has 3 aromatic rings. The minimum absolute atomic E-state index is 0.0234. The molecule has 4 rings (SSSR count). The highest BCUT2D eigenvalue weighted by Crippen LogP contribution is 2.22. The molecule has 2 aromatic carbocycles. The highest BCUT2D eigenvalue weighted by molar-refractivity contribution is 5.99. The zero-order chi connectivity index (χ0) is 24.6. The summed E-state index contributed by atoms with van der Waals surface area (Å²) >= 11 is 0. The lowest BCUT2D eigenvalue weighted by molar-refractivity contribution is -0.132. The third-order valence-corrected chi connectivity index (χ3v) is 5.94. The number of Topliss-reactive ketones (excluding diaryl/α,β-unsaturated/α-hetero) is 1. The predicted molar refractivity (Wildman–Crippen MR) is 133 cm³/mol. The lowest BCUT2D eigenvalue weighted by atomic mass is 10.1. The second kappa shape index (κ2) is 11.3. The van der Waals surface area contributed by atoms with E-state index < -0.39 is 0 Å². The first-order valence-electron chi connectivity index (χ1n) is 11.6. The van der Waals surface area contributed by atoms with Crippen molar-refractivity contribution in [1.29, 1.82) is 0 Å². The van der Waals surface area contributed by atoms with Gasteiger partial charge in [-0.2, -0.15) is 5.10 Å². The average Bonchev–Trinajstić information content (AvgIpc) is 3.34. The van der Waals surface area contributed by atoms with Crippen LogP contribution in [0.15, 0.2) is 67.0 Å². The minimum Gasteiger partial charge on any atom is -0.497 e. The normalized spacial score (nSPS) is 13.4. The second-order valence-corrected chi connectivity index (χ2v) is 8.33. The molecule has 1 fully saturated rings. The first kappa shape index (κ1) is 24.0. The van der Waals surface area contributed by atoms with Gasteiger partial charge in [-0.3, -0.25) is 19.1 Å². The quantitative estimate of drug-likeness (QED) is 0.478. The first-order chi connectivity index (χ1) is 17.0. The smallest absolute Gasteiger partial charge is 0.244 e. The predicted octanol–water partition coefficient (Wildman–Crippen LogP) is 2.84. The van der Waals surface area contributed by atoms with E-state index in [2.05, 4.69) is 15.3 Å². The Bertz CT molecular complexity index is 1170. The molecule has 1 aliphatic heterocycles. The van der Waals surface area contributed by atoms with Gasteiger partial charge in [-0.05, 0) is 12.1 Å².